The number of hydrogen-bond donors (Lipinski definition) is 2. The van der Waals surface area contributed by atoms with Crippen molar-refractivity contribution >= 4 is 46.5 Å². The first-order chi connectivity index (χ1) is 11.4. The summed E-state index contributed by atoms with van der Waals surface area (Å²) >= 11 is 11.9. The minimum atomic E-state index is -0.474. The predicted octanol–water partition coefficient (Wildman–Crippen LogP) is 4.35. The van der Waals surface area contributed by atoms with Gasteiger partial charge in [0.25, 0.3) is 0 Å². The number of benzene rings is 2. The molecule has 2 rings (SSSR count). The summed E-state index contributed by atoms with van der Waals surface area (Å²) in [4.78, 5) is 23.0. The Morgan fingerprint density at radius 3 is 2.42 bits per heavy atom. The number of carbonyl (C=O) groups excluding carboxylic acids is 2. The van der Waals surface area contributed by atoms with Crippen LogP contribution in [0.25, 0.3) is 0 Å². The van der Waals surface area contributed by atoms with Gasteiger partial charge in [0, 0.05) is 13.5 Å². The van der Waals surface area contributed by atoms with Gasteiger partial charge in [-0.15, -0.1) is 0 Å². The van der Waals surface area contributed by atoms with E-state index in [0.29, 0.717) is 33.5 Å². The molecule has 0 fully saturated rings. The van der Waals surface area contributed by atoms with Gasteiger partial charge in [-0.3, -0.25) is 4.79 Å². The van der Waals surface area contributed by atoms with E-state index >= 15 is 0 Å². The molecule has 2 aromatic carbocycles. The zero-order chi connectivity index (χ0) is 17.7. The van der Waals surface area contributed by atoms with Crippen molar-refractivity contribution in [3.8, 4) is 0 Å². The van der Waals surface area contributed by atoms with Crippen LogP contribution in [-0.2, 0) is 16.1 Å². The van der Waals surface area contributed by atoms with Gasteiger partial charge in [0.2, 0.25) is 5.91 Å². The highest BCUT2D eigenvalue weighted by Gasteiger charge is 2.11. The van der Waals surface area contributed by atoms with E-state index < -0.39 is 5.97 Å². The van der Waals surface area contributed by atoms with Crippen LogP contribution in [0.1, 0.15) is 22.8 Å². The first kappa shape index (κ1) is 18.1. The van der Waals surface area contributed by atoms with Gasteiger partial charge >= 0.3 is 5.97 Å². The third-order valence-electron chi connectivity index (χ3n) is 3.22. The number of amides is 1. The monoisotopic (exact) mass is 366 g/mol. The number of hydrogen-bond acceptors (Lipinski definition) is 4. The predicted molar refractivity (Wildman–Crippen MR) is 95.9 cm³/mol. The molecule has 7 heteroatoms. The van der Waals surface area contributed by atoms with Crippen LogP contribution in [0, 0.1) is 0 Å². The van der Waals surface area contributed by atoms with Gasteiger partial charge in [0.15, 0.2) is 0 Å². The molecule has 126 valence electrons. The zero-order valence-electron chi connectivity index (χ0n) is 13.2. The Labute approximate surface area is 149 Å². The van der Waals surface area contributed by atoms with Gasteiger partial charge in [-0.05, 0) is 35.9 Å². The number of esters is 1. The molecule has 1 amide bonds. The summed E-state index contributed by atoms with van der Waals surface area (Å²) < 4.78 is 4.69. The first-order valence-electron chi connectivity index (χ1n) is 7.08. The van der Waals surface area contributed by atoms with E-state index in [-0.39, 0.29) is 5.91 Å². The Balaban J connectivity index is 2.22. The van der Waals surface area contributed by atoms with Gasteiger partial charge in [-0.2, -0.15) is 0 Å². The second-order valence-corrected chi connectivity index (χ2v) is 5.85. The van der Waals surface area contributed by atoms with Crippen LogP contribution in [0.3, 0.4) is 0 Å². The smallest absolute Gasteiger partial charge is 0.337 e. The first-order valence-corrected chi connectivity index (χ1v) is 7.84. The molecule has 0 aromatic heterocycles. The van der Waals surface area contributed by atoms with Gasteiger partial charge in [-0.1, -0.05) is 29.3 Å². The molecule has 5 nitrogen and oxygen atoms in total. The lowest BCUT2D eigenvalue weighted by Crippen LogP contribution is -2.11. The van der Waals surface area contributed by atoms with E-state index in [4.69, 9.17) is 27.9 Å². The lowest BCUT2D eigenvalue weighted by Gasteiger charge is -2.14. The van der Waals surface area contributed by atoms with Gasteiger partial charge in [-0.25, -0.2) is 4.79 Å². The molecule has 0 aliphatic carbocycles. The van der Waals surface area contributed by atoms with Crippen molar-refractivity contribution in [2.24, 2.45) is 0 Å². The van der Waals surface area contributed by atoms with Crippen molar-refractivity contribution in [1.82, 2.24) is 0 Å². The Hall–Kier alpha value is -2.24. The minimum Gasteiger partial charge on any atom is -0.465 e. The fraction of sp³-hybridized carbons (Fsp3) is 0.176. The van der Waals surface area contributed by atoms with Gasteiger partial charge in [0.1, 0.15) is 0 Å². The van der Waals surface area contributed by atoms with Crippen molar-refractivity contribution in [2.75, 3.05) is 17.7 Å². The summed E-state index contributed by atoms with van der Waals surface area (Å²) in [6.45, 7) is 1.87. The second-order valence-electron chi connectivity index (χ2n) is 5.04. The molecule has 0 unspecified atom stereocenters. The Kier molecular flexibility index (Phi) is 6.06. The molecule has 0 radical (unpaired) electrons. The number of methoxy groups -OCH3 is 1. The maximum atomic E-state index is 11.6. The summed E-state index contributed by atoms with van der Waals surface area (Å²) in [5, 5.41) is 6.85. The van der Waals surface area contributed by atoms with Crippen molar-refractivity contribution < 1.29 is 14.3 Å². The Bertz CT molecular complexity index is 778. The normalized spacial score (nSPS) is 10.2. The third kappa shape index (κ3) is 4.63. The number of rotatable bonds is 5. The average Bonchev–Trinajstić information content (AvgIpc) is 2.55. The van der Waals surface area contributed by atoms with E-state index in [9.17, 15) is 9.59 Å². The summed E-state index contributed by atoms with van der Waals surface area (Å²) in [5.41, 5.74) is 2.44. The molecule has 0 aliphatic rings. The summed E-state index contributed by atoms with van der Waals surface area (Å²) in [6, 6.07) is 10.2. The quantitative estimate of drug-likeness (QED) is 0.771. The fourth-order valence-electron chi connectivity index (χ4n) is 2.08. The van der Waals surface area contributed by atoms with Crippen molar-refractivity contribution in [3.63, 3.8) is 0 Å². The lowest BCUT2D eigenvalue weighted by atomic mass is 10.1. The average molecular weight is 367 g/mol. The molecule has 0 bridgehead atoms. The highest BCUT2D eigenvalue weighted by molar-refractivity contribution is 6.42. The molecule has 0 heterocycles. The standard InChI is InChI=1S/C17H16Cl2N2O3/c1-10(22)21-16-8-12(17(23)24-2)4-6-15(16)20-9-11-3-5-13(18)14(19)7-11/h3-8,20H,9H2,1-2H3,(H,21,22). The second kappa shape index (κ2) is 8.04. The summed E-state index contributed by atoms with van der Waals surface area (Å²) in [5.74, 6) is -0.716. The van der Waals surface area contributed by atoms with E-state index in [1.165, 1.54) is 14.0 Å². The van der Waals surface area contributed by atoms with Crippen LogP contribution >= 0.6 is 23.2 Å². The number of carbonyl (C=O) groups is 2. The van der Waals surface area contributed by atoms with Crippen LogP contribution in [0.15, 0.2) is 36.4 Å². The molecule has 24 heavy (non-hydrogen) atoms. The molecule has 2 N–H and O–H groups in total. The van der Waals surface area contributed by atoms with E-state index in [1.807, 2.05) is 6.07 Å². The van der Waals surface area contributed by atoms with Gasteiger partial charge in [0.05, 0.1) is 34.1 Å². The summed E-state index contributed by atoms with van der Waals surface area (Å²) in [6.07, 6.45) is 0. The van der Waals surface area contributed by atoms with Gasteiger partial charge < -0.3 is 15.4 Å². The highest BCUT2D eigenvalue weighted by Crippen LogP contribution is 2.26. The van der Waals surface area contributed by atoms with Crippen molar-refractivity contribution in [2.45, 2.75) is 13.5 Å². The lowest BCUT2D eigenvalue weighted by molar-refractivity contribution is -0.114. The number of anilines is 2. The minimum absolute atomic E-state index is 0.241. The van der Waals surface area contributed by atoms with Crippen LogP contribution in [0.4, 0.5) is 11.4 Å². The molecule has 0 aliphatic heterocycles. The van der Waals surface area contributed by atoms with E-state index in [0.717, 1.165) is 5.56 Å². The van der Waals surface area contributed by atoms with E-state index in [2.05, 4.69) is 10.6 Å². The van der Waals surface area contributed by atoms with E-state index in [1.54, 1.807) is 30.3 Å². The van der Waals surface area contributed by atoms with Crippen LogP contribution in [0.2, 0.25) is 10.0 Å². The van der Waals surface area contributed by atoms with Crippen LogP contribution in [0.5, 0.6) is 0 Å². The molecule has 0 saturated heterocycles. The van der Waals surface area contributed by atoms with Crippen molar-refractivity contribution in [1.29, 1.82) is 0 Å². The Morgan fingerprint density at radius 2 is 1.79 bits per heavy atom. The largest absolute Gasteiger partial charge is 0.465 e. The molecule has 0 atom stereocenters. The third-order valence-corrected chi connectivity index (χ3v) is 3.96. The zero-order valence-corrected chi connectivity index (χ0v) is 14.7. The molecular weight excluding hydrogens is 351 g/mol. The van der Waals surface area contributed by atoms with Crippen LogP contribution in [-0.4, -0.2) is 19.0 Å². The molecular formula is C17H16Cl2N2O3. The highest BCUT2D eigenvalue weighted by atomic mass is 35.5. The fourth-order valence-corrected chi connectivity index (χ4v) is 2.40. The maximum Gasteiger partial charge on any atom is 0.337 e. The topological polar surface area (TPSA) is 67.4 Å². The SMILES string of the molecule is COC(=O)c1ccc(NCc2ccc(Cl)c(Cl)c2)c(NC(C)=O)c1. The van der Waals surface area contributed by atoms with Crippen LogP contribution < -0.4 is 10.6 Å². The number of halogens is 2. The Morgan fingerprint density at radius 1 is 1.04 bits per heavy atom. The van der Waals surface area contributed by atoms with Crippen molar-refractivity contribution in [3.05, 3.63) is 57.6 Å². The summed E-state index contributed by atoms with van der Waals surface area (Å²) in [7, 11) is 1.30. The molecule has 0 saturated carbocycles. The molecule has 2 aromatic rings. The number of nitrogens with one attached hydrogen (secondary N) is 2. The molecule has 0 spiro atoms. The number of ether oxygens (including phenoxy) is 1. The maximum absolute atomic E-state index is 11.6.